The van der Waals surface area contributed by atoms with Crippen LogP contribution in [0.5, 0.6) is 5.75 Å². The van der Waals surface area contributed by atoms with Gasteiger partial charge in [0.25, 0.3) is 0 Å². The largest absolute Gasteiger partial charge is 0.491 e. The zero-order valence-corrected chi connectivity index (χ0v) is 9.42. The summed E-state index contributed by atoms with van der Waals surface area (Å²) in [7, 11) is 1.44. The summed E-state index contributed by atoms with van der Waals surface area (Å²) in [5.74, 6) is -2.12. The smallest absolute Gasteiger partial charge is 0.324 e. The number of rotatable bonds is 6. The summed E-state index contributed by atoms with van der Waals surface area (Å²) >= 11 is 0. The van der Waals surface area contributed by atoms with Crippen LogP contribution in [0.1, 0.15) is 0 Å². The van der Waals surface area contributed by atoms with Gasteiger partial charge in [-0.3, -0.25) is 14.9 Å². The van der Waals surface area contributed by atoms with Crippen molar-refractivity contribution in [2.45, 2.75) is 6.04 Å². The third-order valence-corrected chi connectivity index (χ3v) is 2.18. The van der Waals surface area contributed by atoms with E-state index in [-0.39, 0.29) is 12.4 Å². The predicted molar refractivity (Wildman–Crippen MR) is 59.0 cm³/mol. The highest BCUT2D eigenvalue weighted by molar-refractivity contribution is 5.73. The Hall–Kier alpha value is -2.22. The lowest BCUT2D eigenvalue weighted by Gasteiger charge is -2.12. The minimum Gasteiger partial charge on any atom is -0.491 e. The average Bonchev–Trinajstić information content (AvgIpc) is 2.28. The minimum atomic E-state index is -1.11. The van der Waals surface area contributed by atoms with E-state index in [4.69, 9.17) is 9.84 Å². The molecular weight excluding hydrogens is 247 g/mol. The molecule has 0 aromatic heterocycles. The molecule has 1 aromatic rings. The van der Waals surface area contributed by atoms with Crippen LogP contribution in [-0.2, 0) is 4.79 Å². The molecule has 8 heteroatoms. The van der Waals surface area contributed by atoms with Gasteiger partial charge in [-0.1, -0.05) is 0 Å². The maximum Gasteiger partial charge on any atom is 0.324 e. The first kappa shape index (κ1) is 13.8. The summed E-state index contributed by atoms with van der Waals surface area (Å²) < 4.78 is 18.2. The van der Waals surface area contributed by atoms with E-state index in [0.717, 1.165) is 12.1 Å². The van der Waals surface area contributed by atoms with E-state index in [9.17, 15) is 19.3 Å². The number of likely N-dealkylation sites (N-methyl/N-ethyl adjacent to an activating group) is 1. The molecule has 0 radical (unpaired) electrons. The third-order valence-electron chi connectivity index (χ3n) is 2.18. The zero-order chi connectivity index (χ0) is 13.7. The Kier molecular flexibility index (Phi) is 4.55. The van der Waals surface area contributed by atoms with Gasteiger partial charge in [-0.25, -0.2) is 0 Å². The van der Waals surface area contributed by atoms with E-state index >= 15 is 0 Å². The number of hydrogen-bond donors (Lipinski definition) is 2. The quantitative estimate of drug-likeness (QED) is 0.577. The van der Waals surface area contributed by atoms with Crippen molar-refractivity contribution in [3.8, 4) is 5.75 Å². The Morgan fingerprint density at radius 2 is 2.33 bits per heavy atom. The number of carboxylic acid groups (broad SMARTS) is 1. The van der Waals surface area contributed by atoms with E-state index < -0.39 is 28.4 Å². The summed E-state index contributed by atoms with van der Waals surface area (Å²) in [4.78, 5) is 20.2. The first-order valence-electron chi connectivity index (χ1n) is 4.92. The van der Waals surface area contributed by atoms with Gasteiger partial charge in [-0.15, -0.1) is 0 Å². The van der Waals surface area contributed by atoms with Crippen molar-refractivity contribution in [3.63, 3.8) is 0 Å². The molecule has 0 aliphatic carbocycles. The molecule has 0 saturated heterocycles. The highest BCUT2D eigenvalue weighted by Crippen LogP contribution is 2.22. The number of aliphatic carboxylic acids is 1. The summed E-state index contributed by atoms with van der Waals surface area (Å²) in [5, 5.41) is 21.6. The maximum atomic E-state index is 13.2. The van der Waals surface area contributed by atoms with Crippen molar-refractivity contribution in [1.29, 1.82) is 0 Å². The summed E-state index contributed by atoms with van der Waals surface area (Å²) in [5.41, 5.74) is -0.661. The lowest BCUT2D eigenvalue weighted by atomic mass is 10.3. The lowest BCUT2D eigenvalue weighted by molar-refractivity contribution is -0.387. The summed E-state index contributed by atoms with van der Waals surface area (Å²) in [6, 6.07) is 2.06. The number of hydrogen-bond acceptors (Lipinski definition) is 5. The molecule has 1 aromatic carbocycles. The monoisotopic (exact) mass is 258 g/mol. The molecule has 0 spiro atoms. The number of carbonyl (C=O) groups is 1. The molecule has 0 amide bonds. The van der Waals surface area contributed by atoms with Gasteiger partial charge in [0.05, 0.1) is 4.92 Å². The van der Waals surface area contributed by atoms with Crippen LogP contribution in [0.4, 0.5) is 10.1 Å². The van der Waals surface area contributed by atoms with Gasteiger partial charge in [-0.2, -0.15) is 4.39 Å². The summed E-state index contributed by atoms with van der Waals surface area (Å²) in [6.07, 6.45) is 0. The Bertz CT molecular complexity index is 466. The van der Waals surface area contributed by atoms with Gasteiger partial charge in [0.2, 0.25) is 5.82 Å². The van der Waals surface area contributed by atoms with Crippen molar-refractivity contribution in [2.75, 3.05) is 13.7 Å². The van der Waals surface area contributed by atoms with Gasteiger partial charge in [0, 0.05) is 12.1 Å². The fourth-order valence-electron chi connectivity index (χ4n) is 1.18. The first-order valence-corrected chi connectivity index (χ1v) is 4.92. The Balaban J connectivity index is 2.72. The molecule has 0 aliphatic rings. The van der Waals surface area contributed by atoms with Crippen LogP contribution < -0.4 is 10.1 Å². The van der Waals surface area contributed by atoms with Crippen LogP contribution in [0, 0.1) is 15.9 Å². The van der Waals surface area contributed by atoms with Crippen molar-refractivity contribution < 1.29 is 24.0 Å². The van der Waals surface area contributed by atoms with E-state index in [1.54, 1.807) is 0 Å². The molecule has 1 atom stereocenters. The molecule has 0 fully saturated rings. The Morgan fingerprint density at radius 3 is 2.78 bits per heavy atom. The Labute approximate surface area is 101 Å². The second-order valence-electron chi connectivity index (χ2n) is 3.36. The van der Waals surface area contributed by atoms with Crippen molar-refractivity contribution >= 4 is 11.7 Å². The van der Waals surface area contributed by atoms with Gasteiger partial charge in [-0.05, 0) is 13.1 Å². The number of carboxylic acids is 1. The highest BCUT2D eigenvalue weighted by Gasteiger charge is 2.17. The van der Waals surface area contributed by atoms with E-state index in [2.05, 4.69) is 5.32 Å². The molecular formula is C10H11FN2O5. The molecule has 0 saturated carbocycles. The number of ether oxygens (including phenoxy) is 1. The number of nitro groups is 1. The van der Waals surface area contributed by atoms with Crippen LogP contribution in [0.3, 0.4) is 0 Å². The van der Waals surface area contributed by atoms with Crippen LogP contribution >= 0.6 is 0 Å². The van der Waals surface area contributed by atoms with Gasteiger partial charge in [0.1, 0.15) is 18.4 Å². The van der Waals surface area contributed by atoms with Crippen LogP contribution in [0.15, 0.2) is 18.2 Å². The van der Waals surface area contributed by atoms with Crippen LogP contribution in [0.2, 0.25) is 0 Å². The molecule has 1 unspecified atom stereocenters. The van der Waals surface area contributed by atoms with Crippen molar-refractivity contribution in [2.24, 2.45) is 0 Å². The van der Waals surface area contributed by atoms with Crippen LogP contribution in [0.25, 0.3) is 0 Å². The fraction of sp³-hybridized carbons (Fsp3) is 0.300. The zero-order valence-electron chi connectivity index (χ0n) is 9.42. The second kappa shape index (κ2) is 5.92. The number of halogens is 1. The van der Waals surface area contributed by atoms with Gasteiger partial charge in [0.15, 0.2) is 0 Å². The molecule has 0 bridgehead atoms. The van der Waals surface area contributed by atoms with Gasteiger partial charge >= 0.3 is 11.7 Å². The molecule has 98 valence electrons. The molecule has 0 aliphatic heterocycles. The van der Waals surface area contributed by atoms with Crippen molar-refractivity contribution in [1.82, 2.24) is 5.32 Å². The number of nitro benzene ring substituents is 1. The predicted octanol–water partition coefficient (Wildman–Crippen LogP) is 0.785. The first-order chi connectivity index (χ1) is 8.45. The number of benzene rings is 1. The molecule has 7 nitrogen and oxygen atoms in total. The minimum absolute atomic E-state index is 0.0274. The molecule has 18 heavy (non-hydrogen) atoms. The second-order valence-corrected chi connectivity index (χ2v) is 3.36. The number of nitrogens with zero attached hydrogens (tertiary/aromatic N) is 1. The number of nitrogens with one attached hydrogen (secondary N) is 1. The normalized spacial score (nSPS) is 11.9. The summed E-state index contributed by atoms with van der Waals surface area (Å²) in [6.45, 7) is -0.219. The standard InChI is InChI=1S/C10H11FN2O5/c1-12-8(10(14)15)5-18-6-2-3-9(13(16)17)7(11)4-6/h2-4,8,12H,5H2,1H3,(H,14,15). The maximum absolute atomic E-state index is 13.2. The topological polar surface area (TPSA) is 102 Å². The van der Waals surface area contributed by atoms with Crippen LogP contribution in [-0.4, -0.2) is 35.7 Å². The highest BCUT2D eigenvalue weighted by atomic mass is 19.1. The van der Waals surface area contributed by atoms with E-state index in [0.29, 0.717) is 0 Å². The van der Waals surface area contributed by atoms with E-state index in [1.807, 2.05) is 0 Å². The van der Waals surface area contributed by atoms with E-state index in [1.165, 1.54) is 13.1 Å². The van der Waals surface area contributed by atoms with Crippen molar-refractivity contribution in [3.05, 3.63) is 34.1 Å². The fourth-order valence-corrected chi connectivity index (χ4v) is 1.18. The lowest BCUT2D eigenvalue weighted by Crippen LogP contribution is -2.39. The molecule has 0 heterocycles. The third kappa shape index (κ3) is 3.39. The Morgan fingerprint density at radius 1 is 1.67 bits per heavy atom. The molecule has 2 N–H and O–H groups in total. The van der Waals surface area contributed by atoms with Gasteiger partial charge < -0.3 is 15.2 Å². The molecule has 1 rings (SSSR count). The SMILES string of the molecule is CNC(COc1ccc([N+](=O)[O-])c(F)c1)C(=O)O. The average molecular weight is 258 g/mol.